The van der Waals surface area contributed by atoms with Gasteiger partial charge in [0.25, 0.3) is 5.88 Å². The van der Waals surface area contributed by atoms with Crippen molar-refractivity contribution in [2.24, 2.45) is 11.3 Å². The zero-order chi connectivity index (χ0) is 24.1. The molecular weight excluding hydrogens is 446 g/mol. The summed E-state index contributed by atoms with van der Waals surface area (Å²) < 4.78 is 7.89. The monoisotopic (exact) mass is 485 g/mol. The van der Waals surface area contributed by atoms with Crippen molar-refractivity contribution in [3.8, 4) is 17.7 Å². The van der Waals surface area contributed by atoms with Crippen molar-refractivity contribution in [3.63, 3.8) is 0 Å². The standard InChI is InChI=1S/C20H34ClN3O.C4H6O4/c1-20(2,3)16-9-13-23(14-10-16)11-6-7-15-25-19-18(21)17-8-4-5-12-24(17)22-19;1-2-3-4-6-8-7-5/h16H,4-15H2,1-3H3;5H,4H2,1H3. The minimum Gasteiger partial charge on any atom is -0.476 e. The van der Waals surface area contributed by atoms with Crippen LogP contribution in [0.5, 0.6) is 5.88 Å². The molecule has 0 radical (unpaired) electrons. The van der Waals surface area contributed by atoms with Crippen molar-refractivity contribution in [2.75, 3.05) is 32.8 Å². The van der Waals surface area contributed by atoms with Crippen LogP contribution in [0.25, 0.3) is 0 Å². The van der Waals surface area contributed by atoms with E-state index < -0.39 is 0 Å². The Labute approximate surface area is 203 Å². The van der Waals surface area contributed by atoms with Gasteiger partial charge in [-0.3, -0.25) is 4.68 Å². The Morgan fingerprint density at radius 3 is 2.55 bits per heavy atom. The van der Waals surface area contributed by atoms with E-state index in [2.05, 4.69) is 57.6 Å². The first-order valence-electron chi connectivity index (χ1n) is 12.0. The summed E-state index contributed by atoms with van der Waals surface area (Å²) in [6.45, 7) is 14.3. The lowest BCUT2D eigenvalue weighted by atomic mass is 9.75. The summed E-state index contributed by atoms with van der Waals surface area (Å²) in [5, 5.41) is 19.4. The van der Waals surface area contributed by atoms with Crippen LogP contribution in [0.1, 0.15) is 71.9 Å². The first-order valence-corrected chi connectivity index (χ1v) is 12.3. The van der Waals surface area contributed by atoms with Gasteiger partial charge < -0.3 is 9.64 Å². The molecule has 1 N–H and O–H groups in total. The molecule has 9 heteroatoms. The molecule has 1 aromatic heterocycles. The highest BCUT2D eigenvalue weighted by Gasteiger charge is 2.28. The smallest absolute Gasteiger partial charge is 0.252 e. The zero-order valence-corrected chi connectivity index (χ0v) is 21.3. The fraction of sp³-hybridized carbons (Fsp3) is 0.792. The van der Waals surface area contributed by atoms with Crippen molar-refractivity contribution < 1.29 is 25.0 Å². The van der Waals surface area contributed by atoms with Gasteiger partial charge in [-0.05, 0) is 92.9 Å². The molecule has 2 aliphatic rings. The molecule has 0 unspecified atom stereocenters. The van der Waals surface area contributed by atoms with Gasteiger partial charge in [-0.1, -0.05) is 38.3 Å². The van der Waals surface area contributed by atoms with E-state index >= 15 is 0 Å². The molecule has 8 nitrogen and oxygen atoms in total. The van der Waals surface area contributed by atoms with Crippen LogP contribution in [-0.2, 0) is 27.9 Å². The first-order chi connectivity index (χ1) is 15.9. The number of unbranched alkanes of at least 4 members (excludes halogenated alkanes) is 1. The van der Waals surface area contributed by atoms with E-state index in [1.165, 1.54) is 51.7 Å². The van der Waals surface area contributed by atoms with Gasteiger partial charge in [-0.2, -0.15) is 4.89 Å². The fourth-order valence-corrected chi connectivity index (χ4v) is 4.58. The quantitative estimate of drug-likeness (QED) is 0.224. The van der Waals surface area contributed by atoms with Gasteiger partial charge in [0.15, 0.2) is 0 Å². The van der Waals surface area contributed by atoms with E-state index in [0.717, 1.165) is 36.0 Å². The number of piperidine rings is 1. The summed E-state index contributed by atoms with van der Waals surface area (Å²) in [5.74, 6) is 6.55. The van der Waals surface area contributed by atoms with E-state index in [1.807, 2.05) is 4.68 Å². The third-order valence-corrected chi connectivity index (χ3v) is 6.68. The summed E-state index contributed by atoms with van der Waals surface area (Å²) in [5.41, 5.74) is 1.62. The molecule has 33 heavy (non-hydrogen) atoms. The van der Waals surface area contributed by atoms with E-state index in [1.54, 1.807) is 6.92 Å². The molecule has 0 aromatic carbocycles. The number of halogens is 1. The molecule has 0 bridgehead atoms. The summed E-state index contributed by atoms with van der Waals surface area (Å²) in [4.78, 5) is 6.69. The number of aromatic nitrogens is 2. The Bertz CT molecular complexity index is 746. The molecule has 3 heterocycles. The Kier molecular flexibility index (Phi) is 12.5. The Morgan fingerprint density at radius 1 is 1.15 bits per heavy atom. The van der Waals surface area contributed by atoms with Crippen LogP contribution >= 0.6 is 11.6 Å². The lowest BCUT2D eigenvalue weighted by Gasteiger charge is -2.38. The minimum atomic E-state index is 0.0804. The number of rotatable bonds is 9. The maximum absolute atomic E-state index is 7.47. The van der Waals surface area contributed by atoms with Gasteiger partial charge in [0.2, 0.25) is 0 Å². The van der Waals surface area contributed by atoms with Crippen LogP contribution in [0.2, 0.25) is 5.02 Å². The van der Waals surface area contributed by atoms with Gasteiger partial charge >= 0.3 is 0 Å². The predicted molar refractivity (Wildman–Crippen MR) is 128 cm³/mol. The molecular formula is C24H40ClN3O5. The second-order valence-corrected chi connectivity index (χ2v) is 9.99. The number of nitrogens with zero attached hydrogens (tertiary/aromatic N) is 3. The SMILES string of the molecule is CC#CCOOOO.CC(C)(C)C1CCN(CCCCOc2nn3c(c2Cl)CCCC3)CC1. The van der Waals surface area contributed by atoms with Crippen LogP contribution in [0.3, 0.4) is 0 Å². The largest absolute Gasteiger partial charge is 0.476 e. The van der Waals surface area contributed by atoms with Gasteiger partial charge in [-0.15, -0.1) is 11.0 Å². The zero-order valence-electron chi connectivity index (χ0n) is 20.6. The molecule has 2 aliphatic heterocycles. The molecule has 1 aromatic rings. The number of aryl methyl sites for hydroxylation is 1. The highest BCUT2D eigenvalue weighted by Crippen LogP contribution is 2.34. The average Bonchev–Trinajstić information content (AvgIpc) is 3.12. The molecule has 188 valence electrons. The van der Waals surface area contributed by atoms with E-state index in [9.17, 15) is 0 Å². The van der Waals surface area contributed by atoms with Crippen molar-refractivity contribution >= 4 is 11.6 Å². The van der Waals surface area contributed by atoms with Crippen LogP contribution < -0.4 is 4.74 Å². The Morgan fingerprint density at radius 2 is 1.91 bits per heavy atom. The number of hydrogen-bond donors (Lipinski definition) is 1. The third kappa shape index (κ3) is 9.81. The second-order valence-electron chi connectivity index (χ2n) is 9.62. The van der Waals surface area contributed by atoms with Gasteiger partial charge in [-0.25, -0.2) is 5.26 Å². The second kappa shape index (κ2) is 14.8. The van der Waals surface area contributed by atoms with Crippen molar-refractivity contribution in [3.05, 3.63) is 10.7 Å². The van der Waals surface area contributed by atoms with Crippen LogP contribution in [0.4, 0.5) is 0 Å². The van der Waals surface area contributed by atoms with E-state index in [0.29, 0.717) is 17.9 Å². The minimum absolute atomic E-state index is 0.0804. The Balaban J connectivity index is 0.000000414. The topological polar surface area (TPSA) is 78.2 Å². The maximum atomic E-state index is 7.47. The molecule has 0 spiro atoms. The molecule has 0 saturated carbocycles. The van der Waals surface area contributed by atoms with Crippen LogP contribution in [0.15, 0.2) is 0 Å². The molecule has 0 aliphatic carbocycles. The van der Waals surface area contributed by atoms with Crippen LogP contribution in [0, 0.1) is 23.2 Å². The Hall–Kier alpha value is -1.34. The lowest BCUT2D eigenvalue weighted by molar-refractivity contribution is -0.620. The van der Waals surface area contributed by atoms with Crippen molar-refractivity contribution in [1.29, 1.82) is 0 Å². The van der Waals surface area contributed by atoms with Gasteiger partial charge in [0, 0.05) is 6.54 Å². The van der Waals surface area contributed by atoms with E-state index in [-0.39, 0.29) is 6.61 Å². The number of fused-ring (bicyclic) bond motifs is 1. The lowest BCUT2D eigenvalue weighted by Crippen LogP contribution is -2.38. The first kappa shape index (κ1) is 27.9. The number of likely N-dealkylation sites (tertiary alicyclic amines) is 1. The molecule has 1 saturated heterocycles. The van der Waals surface area contributed by atoms with Crippen LogP contribution in [-0.4, -0.2) is 52.8 Å². The fourth-order valence-electron chi connectivity index (χ4n) is 4.30. The normalized spacial score (nSPS) is 16.9. The summed E-state index contributed by atoms with van der Waals surface area (Å²) in [6, 6.07) is 0. The maximum Gasteiger partial charge on any atom is 0.252 e. The van der Waals surface area contributed by atoms with Crippen molar-refractivity contribution in [1.82, 2.24) is 14.7 Å². The summed E-state index contributed by atoms with van der Waals surface area (Å²) in [7, 11) is 0. The van der Waals surface area contributed by atoms with E-state index in [4.69, 9.17) is 21.6 Å². The van der Waals surface area contributed by atoms with Gasteiger partial charge in [0.1, 0.15) is 11.6 Å². The molecule has 0 atom stereocenters. The average molecular weight is 486 g/mol. The highest BCUT2D eigenvalue weighted by atomic mass is 35.5. The summed E-state index contributed by atoms with van der Waals surface area (Å²) in [6.07, 6.45) is 8.36. The molecule has 0 amide bonds. The number of ether oxygens (including phenoxy) is 1. The third-order valence-electron chi connectivity index (χ3n) is 6.30. The molecule has 3 rings (SSSR count). The van der Waals surface area contributed by atoms with Gasteiger partial charge in [0.05, 0.1) is 12.3 Å². The van der Waals surface area contributed by atoms with Crippen molar-refractivity contribution in [2.45, 2.75) is 79.2 Å². The number of hydrogen-bond acceptors (Lipinski definition) is 7. The summed E-state index contributed by atoms with van der Waals surface area (Å²) >= 11 is 6.41. The highest BCUT2D eigenvalue weighted by molar-refractivity contribution is 6.32. The molecule has 1 fully saturated rings. The predicted octanol–water partition coefficient (Wildman–Crippen LogP) is 5.15.